The van der Waals surface area contributed by atoms with E-state index < -0.39 is 6.10 Å². The lowest BCUT2D eigenvalue weighted by Crippen LogP contribution is -2.28. The van der Waals surface area contributed by atoms with E-state index in [0.717, 1.165) is 22.0 Å². The molecule has 1 aliphatic heterocycles. The first-order valence-electron chi connectivity index (χ1n) is 6.96. The number of ether oxygens (including phenoxy) is 1. The van der Waals surface area contributed by atoms with E-state index in [1.54, 1.807) is 0 Å². The first kappa shape index (κ1) is 15.0. The molecule has 2 aromatic rings. The Kier molecular flexibility index (Phi) is 4.65. The molecule has 0 amide bonds. The van der Waals surface area contributed by atoms with Crippen LogP contribution in [0.3, 0.4) is 0 Å². The maximum atomic E-state index is 10.6. The van der Waals surface area contributed by atoms with Crippen LogP contribution in [0.15, 0.2) is 46.9 Å². The van der Waals surface area contributed by atoms with Crippen LogP contribution in [-0.4, -0.2) is 17.8 Å². The van der Waals surface area contributed by atoms with Gasteiger partial charge in [0.25, 0.3) is 0 Å². The average Bonchev–Trinajstić information content (AvgIpc) is 2.49. The highest BCUT2D eigenvalue weighted by Gasteiger charge is 2.27. The van der Waals surface area contributed by atoms with Gasteiger partial charge < -0.3 is 9.84 Å². The zero-order valence-electron chi connectivity index (χ0n) is 11.4. The standard InChI is InChI=1S/C17H16BrClO2/c18-13-6-5-12(15(19)10-13)9-16(20)17-14-4-2-1-3-11(14)7-8-21-17/h1-6,10,16-17,20H,7-9H2. The summed E-state index contributed by atoms with van der Waals surface area (Å²) in [6.07, 6.45) is 0.489. The van der Waals surface area contributed by atoms with Gasteiger partial charge in [0.15, 0.2) is 0 Å². The highest BCUT2D eigenvalue weighted by atomic mass is 79.9. The van der Waals surface area contributed by atoms with Crippen molar-refractivity contribution in [3.8, 4) is 0 Å². The van der Waals surface area contributed by atoms with Gasteiger partial charge in [0.2, 0.25) is 0 Å². The third-order valence-electron chi connectivity index (χ3n) is 3.82. The topological polar surface area (TPSA) is 29.5 Å². The lowest BCUT2D eigenvalue weighted by Gasteiger charge is -2.30. The van der Waals surface area contributed by atoms with Crippen LogP contribution in [0.4, 0.5) is 0 Å². The molecule has 0 aliphatic carbocycles. The van der Waals surface area contributed by atoms with Gasteiger partial charge in [0, 0.05) is 15.9 Å². The predicted octanol–water partition coefficient (Wildman–Crippen LogP) is 4.32. The zero-order chi connectivity index (χ0) is 14.8. The van der Waals surface area contributed by atoms with Gasteiger partial charge in [-0.2, -0.15) is 0 Å². The average molecular weight is 368 g/mol. The molecular weight excluding hydrogens is 352 g/mol. The molecular formula is C17H16BrClO2. The van der Waals surface area contributed by atoms with Crippen LogP contribution in [0.1, 0.15) is 22.8 Å². The lowest BCUT2D eigenvalue weighted by atomic mass is 9.92. The summed E-state index contributed by atoms with van der Waals surface area (Å²) in [5.74, 6) is 0. The van der Waals surface area contributed by atoms with Crippen molar-refractivity contribution in [2.24, 2.45) is 0 Å². The molecule has 0 aromatic heterocycles. The molecule has 0 spiro atoms. The first-order chi connectivity index (χ1) is 10.1. The van der Waals surface area contributed by atoms with Gasteiger partial charge in [0.1, 0.15) is 6.10 Å². The molecule has 1 heterocycles. The van der Waals surface area contributed by atoms with E-state index in [1.165, 1.54) is 5.56 Å². The summed E-state index contributed by atoms with van der Waals surface area (Å²) in [5, 5.41) is 11.2. The maximum Gasteiger partial charge on any atom is 0.109 e. The molecule has 2 nitrogen and oxygen atoms in total. The Bertz CT molecular complexity index is 644. The molecule has 1 aliphatic rings. The molecule has 0 saturated carbocycles. The second-order valence-corrected chi connectivity index (χ2v) is 6.57. The number of halogens is 2. The van der Waals surface area contributed by atoms with E-state index in [9.17, 15) is 5.11 Å². The SMILES string of the molecule is OC(Cc1ccc(Br)cc1Cl)C1OCCc2ccccc21. The highest BCUT2D eigenvalue weighted by molar-refractivity contribution is 9.10. The van der Waals surface area contributed by atoms with Crippen molar-refractivity contribution in [1.29, 1.82) is 0 Å². The minimum absolute atomic E-state index is 0.283. The molecule has 3 rings (SSSR count). The Balaban J connectivity index is 1.81. The zero-order valence-corrected chi connectivity index (χ0v) is 13.8. The normalized spacial score (nSPS) is 19.1. The van der Waals surface area contributed by atoms with Crippen LogP contribution in [0, 0.1) is 0 Å². The van der Waals surface area contributed by atoms with Crippen LogP contribution in [-0.2, 0) is 17.6 Å². The van der Waals surface area contributed by atoms with Crippen molar-refractivity contribution in [1.82, 2.24) is 0 Å². The van der Waals surface area contributed by atoms with Crippen LogP contribution in [0.5, 0.6) is 0 Å². The van der Waals surface area contributed by atoms with Crippen molar-refractivity contribution in [2.45, 2.75) is 25.0 Å². The van der Waals surface area contributed by atoms with Crippen LogP contribution < -0.4 is 0 Å². The van der Waals surface area contributed by atoms with Crippen LogP contribution in [0.2, 0.25) is 5.02 Å². The molecule has 2 aromatic carbocycles. The monoisotopic (exact) mass is 366 g/mol. The number of hydrogen-bond donors (Lipinski definition) is 1. The molecule has 0 fully saturated rings. The number of rotatable bonds is 3. The summed E-state index contributed by atoms with van der Waals surface area (Å²) in [6, 6.07) is 13.9. The van der Waals surface area contributed by atoms with Crippen molar-refractivity contribution < 1.29 is 9.84 Å². The molecule has 0 bridgehead atoms. The summed E-state index contributed by atoms with van der Waals surface area (Å²) in [5.41, 5.74) is 3.28. The fourth-order valence-corrected chi connectivity index (χ4v) is 3.51. The van der Waals surface area contributed by atoms with Crippen molar-refractivity contribution in [3.63, 3.8) is 0 Å². The van der Waals surface area contributed by atoms with Crippen LogP contribution in [0.25, 0.3) is 0 Å². The fraction of sp³-hybridized carbons (Fsp3) is 0.294. The van der Waals surface area contributed by atoms with Gasteiger partial charge in [-0.15, -0.1) is 0 Å². The third-order valence-corrected chi connectivity index (χ3v) is 4.67. The number of benzene rings is 2. The van der Waals surface area contributed by atoms with E-state index in [2.05, 4.69) is 22.0 Å². The Labute approximate surface area is 137 Å². The molecule has 4 heteroatoms. The molecule has 2 unspecified atom stereocenters. The van der Waals surface area contributed by atoms with Gasteiger partial charge >= 0.3 is 0 Å². The van der Waals surface area contributed by atoms with E-state index in [0.29, 0.717) is 18.1 Å². The number of aliphatic hydroxyl groups is 1. The van der Waals surface area contributed by atoms with Gasteiger partial charge in [-0.3, -0.25) is 0 Å². The Morgan fingerprint density at radius 3 is 2.90 bits per heavy atom. The van der Waals surface area contributed by atoms with E-state index in [-0.39, 0.29) is 6.10 Å². The molecule has 0 radical (unpaired) electrons. The highest BCUT2D eigenvalue weighted by Crippen LogP contribution is 2.32. The first-order valence-corrected chi connectivity index (χ1v) is 8.13. The van der Waals surface area contributed by atoms with E-state index in [4.69, 9.17) is 16.3 Å². The van der Waals surface area contributed by atoms with Crippen molar-refractivity contribution in [3.05, 3.63) is 68.7 Å². The summed E-state index contributed by atoms with van der Waals surface area (Å²) < 4.78 is 6.73. The Morgan fingerprint density at radius 1 is 1.29 bits per heavy atom. The van der Waals surface area contributed by atoms with Crippen molar-refractivity contribution in [2.75, 3.05) is 6.61 Å². The summed E-state index contributed by atoms with van der Waals surface area (Å²) in [6.45, 7) is 0.646. The van der Waals surface area contributed by atoms with Gasteiger partial charge in [-0.1, -0.05) is 57.9 Å². The summed E-state index contributed by atoms with van der Waals surface area (Å²) in [7, 11) is 0. The minimum atomic E-state index is -0.606. The largest absolute Gasteiger partial charge is 0.390 e. The number of fused-ring (bicyclic) bond motifs is 1. The molecule has 2 atom stereocenters. The molecule has 21 heavy (non-hydrogen) atoms. The quantitative estimate of drug-likeness (QED) is 0.875. The second kappa shape index (κ2) is 6.49. The van der Waals surface area contributed by atoms with Gasteiger partial charge in [-0.25, -0.2) is 0 Å². The molecule has 0 saturated heterocycles. The lowest BCUT2D eigenvalue weighted by molar-refractivity contribution is -0.0460. The summed E-state index contributed by atoms with van der Waals surface area (Å²) >= 11 is 9.62. The van der Waals surface area contributed by atoms with E-state index >= 15 is 0 Å². The second-order valence-electron chi connectivity index (χ2n) is 5.25. The Morgan fingerprint density at radius 2 is 2.10 bits per heavy atom. The smallest absolute Gasteiger partial charge is 0.109 e. The number of hydrogen-bond acceptors (Lipinski definition) is 2. The summed E-state index contributed by atoms with van der Waals surface area (Å²) in [4.78, 5) is 0. The van der Waals surface area contributed by atoms with Gasteiger partial charge in [0.05, 0.1) is 12.7 Å². The molecule has 1 N–H and O–H groups in total. The Hall–Kier alpha value is -0.870. The predicted molar refractivity (Wildman–Crippen MR) is 87.7 cm³/mol. The van der Waals surface area contributed by atoms with Gasteiger partial charge in [-0.05, 0) is 35.2 Å². The van der Waals surface area contributed by atoms with E-state index in [1.807, 2.05) is 36.4 Å². The maximum absolute atomic E-state index is 10.6. The van der Waals surface area contributed by atoms with Crippen LogP contribution >= 0.6 is 27.5 Å². The third kappa shape index (κ3) is 3.32. The number of aliphatic hydroxyl groups excluding tert-OH is 1. The minimum Gasteiger partial charge on any atom is -0.390 e. The molecule has 110 valence electrons. The van der Waals surface area contributed by atoms with Crippen molar-refractivity contribution >= 4 is 27.5 Å². The fourth-order valence-electron chi connectivity index (χ4n) is 2.76.